The molecule has 1 aliphatic carbocycles. The Morgan fingerprint density at radius 2 is 2.03 bits per heavy atom. The molecule has 0 saturated heterocycles. The minimum Gasteiger partial charge on any atom is -0.486 e. The summed E-state index contributed by atoms with van der Waals surface area (Å²) in [5.74, 6) is -2.22. The summed E-state index contributed by atoms with van der Waals surface area (Å²) in [6.45, 7) is 5.70. The van der Waals surface area contributed by atoms with Crippen molar-refractivity contribution in [2.24, 2.45) is 0 Å². The van der Waals surface area contributed by atoms with E-state index in [-0.39, 0.29) is 47.6 Å². The predicted molar refractivity (Wildman–Crippen MR) is 140 cm³/mol. The Kier molecular flexibility index (Phi) is 6.77. The van der Waals surface area contributed by atoms with Crippen LogP contribution in [-0.2, 0) is 21.7 Å². The molecule has 3 aromatic rings. The third kappa shape index (κ3) is 4.92. The lowest BCUT2D eigenvalue weighted by atomic mass is 9.99. The average Bonchev–Trinajstić information content (AvgIpc) is 3.62. The molecule has 0 radical (unpaired) electrons. The van der Waals surface area contributed by atoms with Crippen LogP contribution in [0.5, 0.6) is 5.75 Å². The summed E-state index contributed by atoms with van der Waals surface area (Å²) < 4.78 is 41.4. The number of fused-ring (bicyclic) bond motifs is 2. The van der Waals surface area contributed by atoms with Crippen molar-refractivity contribution < 1.29 is 27.8 Å². The summed E-state index contributed by atoms with van der Waals surface area (Å²) in [5.41, 5.74) is 8.11. The van der Waals surface area contributed by atoms with Gasteiger partial charge in [0, 0.05) is 18.3 Å². The second-order valence-corrected chi connectivity index (χ2v) is 9.60. The molecule has 2 heterocycles. The van der Waals surface area contributed by atoms with Gasteiger partial charge in [-0.15, -0.1) is 0 Å². The molecule has 1 aliphatic heterocycles. The first kappa shape index (κ1) is 26.2. The fourth-order valence-electron chi connectivity index (χ4n) is 4.67. The number of amides is 2. The van der Waals surface area contributed by atoms with Crippen LogP contribution in [-0.4, -0.2) is 46.9 Å². The summed E-state index contributed by atoms with van der Waals surface area (Å²) in [7, 11) is 1.59. The van der Waals surface area contributed by atoms with Crippen molar-refractivity contribution in [3.8, 4) is 17.0 Å². The normalized spacial score (nSPS) is 14.6. The van der Waals surface area contributed by atoms with Crippen molar-refractivity contribution in [3.63, 3.8) is 0 Å². The first-order valence-electron chi connectivity index (χ1n) is 12.3. The van der Waals surface area contributed by atoms with Gasteiger partial charge in [0.15, 0.2) is 11.6 Å². The van der Waals surface area contributed by atoms with Crippen molar-refractivity contribution in [2.45, 2.75) is 32.0 Å². The SMILES string of the molecule is C=CC(=O)N(C)CCOc1c(N)ncnc1-c1cc(F)cc(NC(=O)c2cc3c(cc2F)C2(CC2)OC3)c1C. The quantitative estimate of drug-likeness (QED) is 0.417. The lowest BCUT2D eigenvalue weighted by molar-refractivity contribution is -0.125. The largest absolute Gasteiger partial charge is 0.486 e. The van der Waals surface area contributed by atoms with E-state index in [4.69, 9.17) is 15.2 Å². The number of anilines is 2. The highest BCUT2D eigenvalue weighted by molar-refractivity contribution is 6.05. The van der Waals surface area contributed by atoms with E-state index in [2.05, 4.69) is 21.9 Å². The standard InChI is InChI=1S/C28H27F2N5O4/c1-4-23(36)35(3)7-8-38-25-24(32-14-33-26(25)31)18-10-17(29)11-22(15(18)2)34-27(37)19-9-16-13-39-28(5-6-28)20(16)12-21(19)30/h4,9-12,14H,1,5-8,13H2,2-3H3,(H,34,37)(H2,31,32,33). The maximum atomic E-state index is 15.0. The highest BCUT2D eigenvalue weighted by atomic mass is 19.1. The average molecular weight is 536 g/mol. The Balaban J connectivity index is 1.42. The third-order valence-corrected chi connectivity index (χ3v) is 7.07. The number of nitrogens with two attached hydrogens (primary N) is 1. The van der Waals surface area contributed by atoms with E-state index in [0.29, 0.717) is 17.7 Å². The number of nitrogen functional groups attached to an aromatic ring is 1. The van der Waals surface area contributed by atoms with Gasteiger partial charge in [-0.3, -0.25) is 9.59 Å². The predicted octanol–water partition coefficient (Wildman–Crippen LogP) is 4.11. The second-order valence-electron chi connectivity index (χ2n) is 9.60. The summed E-state index contributed by atoms with van der Waals surface area (Å²) in [6, 6.07) is 5.23. The molecule has 202 valence electrons. The van der Waals surface area contributed by atoms with Crippen LogP contribution >= 0.6 is 0 Å². The monoisotopic (exact) mass is 535 g/mol. The number of benzene rings is 2. The van der Waals surface area contributed by atoms with E-state index in [1.807, 2.05) is 0 Å². The fraction of sp³-hybridized carbons (Fsp3) is 0.286. The van der Waals surface area contributed by atoms with E-state index in [1.165, 1.54) is 35.5 Å². The summed E-state index contributed by atoms with van der Waals surface area (Å²) >= 11 is 0. The number of carbonyl (C=O) groups is 2. The highest BCUT2D eigenvalue weighted by Gasteiger charge is 2.51. The number of aromatic nitrogens is 2. The molecular weight excluding hydrogens is 508 g/mol. The fourth-order valence-corrected chi connectivity index (χ4v) is 4.67. The molecule has 0 atom stereocenters. The van der Waals surface area contributed by atoms with Gasteiger partial charge in [-0.1, -0.05) is 6.58 Å². The molecule has 0 unspecified atom stereocenters. The Hall–Kier alpha value is -4.38. The van der Waals surface area contributed by atoms with Gasteiger partial charge >= 0.3 is 0 Å². The van der Waals surface area contributed by atoms with Crippen LogP contribution in [0.3, 0.4) is 0 Å². The van der Waals surface area contributed by atoms with Crippen LogP contribution < -0.4 is 15.8 Å². The zero-order chi connectivity index (χ0) is 27.9. The molecule has 39 heavy (non-hydrogen) atoms. The summed E-state index contributed by atoms with van der Waals surface area (Å²) in [5, 5.41) is 2.63. The van der Waals surface area contributed by atoms with Crippen molar-refractivity contribution in [2.75, 3.05) is 31.2 Å². The number of ether oxygens (including phenoxy) is 2. The Labute approximate surface area is 223 Å². The maximum absolute atomic E-state index is 15.0. The van der Waals surface area contributed by atoms with E-state index in [0.717, 1.165) is 30.0 Å². The van der Waals surface area contributed by atoms with Crippen LogP contribution in [0.25, 0.3) is 11.3 Å². The van der Waals surface area contributed by atoms with Gasteiger partial charge in [0.1, 0.15) is 30.3 Å². The zero-order valence-electron chi connectivity index (χ0n) is 21.5. The van der Waals surface area contributed by atoms with E-state index in [1.54, 1.807) is 14.0 Å². The molecule has 0 bridgehead atoms. The van der Waals surface area contributed by atoms with Gasteiger partial charge in [0.2, 0.25) is 5.91 Å². The maximum Gasteiger partial charge on any atom is 0.258 e. The first-order chi connectivity index (χ1) is 18.6. The van der Waals surface area contributed by atoms with Crippen LogP contribution in [0.4, 0.5) is 20.3 Å². The van der Waals surface area contributed by atoms with Crippen LogP contribution in [0, 0.1) is 18.6 Å². The molecule has 1 aromatic heterocycles. The minimum absolute atomic E-state index is 0.0165. The first-order valence-corrected chi connectivity index (χ1v) is 12.3. The minimum atomic E-state index is -0.722. The second kappa shape index (κ2) is 10.1. The van der Waals surface area contributed by atoms with Crippen LogP contribution in [0.15, 0.2) is 43.2 Å². The number of likely N-dealkylation sites (N-methyl/N-ethyl adjacent to an activating group) is 1. The Bertz CT molecular complexity index is 1510. The van der Waals surface area contributed by atoms with E-state index in [9.17, 15) is 18.4 Å². The van der Waals surface area contributed by atoms with E-state index < -0.39 is 23.1 Å². The Morgan fingerprint density at radius 1 is 1.26 bits per heavy atom. The van der Waals surface area contributed by atoms with Crippen LogP contribution in [0.1, 0.15) is 39.9 Å². The lowest BCUT2D eigenvalue weighted by Crippen LogP contribution is -2.29. The summed E-state index contributed by atoms with van der Waals surface area (Å²) in [4.78, 5) is 34.4. The molecule has 2 aromatic carbocycles. The molecule has 2 amide bonds. The zero-order valence-corrected chi connectivity index (χ0v) is 21.5. The summed E-state index contributed by atoms with van der Waals surface area (Å²) in [6.07, 6.45) is 4.06. The molecule has 2 aliphatic rings. The van der Waals surface area contributed by atoms with Crippen molar-refractivity contribution in [1.29, 1.82) is 0 Å². The molecule has 1 fully saturated rings. The number of carbonyl (C=O) groups excluding carboxylic acids is 2. The van der Waals surface area contributed by atoms with Crippen LogP contribution in [0.2, 0.25) is 0 Å². The van der Waals surface area contributed by atoms with Crippen molar-refractivity contribution in [3.05, 3.63) is 77.1 Å². The molecule has 9 nitrogen and oxygen atoms in total. The van der Waals surface area contributed by atoms with Crippen molar-refractivity contribution >= 4 is 23.3 Å². The molecule has 1 saturated carbocycles. The van der Waals surface area contributed by atoms with Gasteiger partial charge < -0.3 is 25.4 Å². The number of rotatable bonds is 8. The Morgan fingerprint density at radius 3 is 2.74 bits per heavy atom. The number of hydrogen-bond donors (Lipinski definition) is 2. The topological polar surface area (TPSA) is 120 Å². The molecule has 11 heteroatoms. The van der Waals surface area contributed by atoms with Gasteiger partial charge in [-0.2, -0.15) is 0 Å². The van der Waals surface area contributed by atoms with Gasteiger partial charge in [0.05, 0.1) is 24.3 Å². The van der Waals surface area contributed by atoms with Gasteiger partial charge in [0.25, 0.3) is 5.91 Å². The molecule has 3 N–H and O–H groups in total. The smallest absolute Gasteiger partial charge is 0.258 e. The number of halogens is 2. The van der Waals surface area contributed by atoms with E-state index >= 15 is 0 Å². The van der Waals surface area contributed by atoms with Gasteiger partial charge in [-0.05, 0) is 66.8 Å². The molecule has 5 rings (SSSR count). The molecular formula is C28H27F2N5O4. The number of nitrogens with zero attached hydrogens (tertiary/aromatic N) is 3. The number of nitrogens with one attached hydrogen (secondary N) is 1. The molecule has 1 spiro atoms. The highest BCUT2D eigenvalue weighted by Crippen LogP contribution is 2.55. The van der Waals surface area contributed by atoms with Gasteiger partial charge in [-0.25, -0.2) is 18.7 Å². The van der Waals surface area contributed by atoms with Crippen molar-refractivity contribution in [1.82, 2.24) is 14.9 Å². The third-order valence-electron chi connectivity index (χ3n) is 7.07. The lowest BCUT2D eigenvalue weighted by Gasteiger charge is -2.18. The number of hydrogen-bond acceptors (Lipinski definition) is 7.